The number of methoxy groups -OCH3 is 1. The summed E-state index contributed by atoms with van der Waals surface area (Å²) in [4.78, 5) is 2.27. The van der Waals surface area contributed by atoms with Crippen LogP contribution in [0, 0.1) is 0 Å². The van der Waals surface area contributed by atoms with Crippen LogP contribution in [0.15, 0.2) is 18.3 Å². The molecule has 0 saturated carbocycles. The molecule has 2 rings (SSSR count). The maximum atomic E-state index is 9.87. The summed E-state index contributed by atoms with van der Waals surface area (Å²) in [6, 6.07) is 4.35. The molecule has 1 saturated heterocycles. The minimum atomic E-state index is -0.448. The Balaban J connectivity index is 2.04. The Bertz CT molecular complexity index is 367. The summed E-state index contributed by atoms with van der Waals surface area (Å²) in [6.07, 6.45) is 1.59. The maximum absolute atomic E-state index is 9.87. The number of aliphatic hydroxyl groups excluding tert-OH is 1. The molecule has 0 amide bonds. The molecule has 1 fully saturated rings. The molecule has 0 aromatic carbocycles. The molecule has 1 aliphatic rings. The number of aryl methyl sites for hydroxylation is 1. The van der Waals surface area contributed by atoms with Crippen LogP contribution in [-0.2, 0) is 16.5 Å². The Morgan fingerprint density at radius 3 is 3.11 bits per heavy atom. The second-order valence-electron chi connectivity index (χ2n) is 4.74. The summed E-state index contributed by atoms with van der Waals surface area (Å²) < 4.78 is 12.7. The quantitative estimate of drug-likeness (QED) is 0.826. The Hall–Kier alpha value is -0.880. The van der Waals surface area contributed by atoms with Crippen LogP contribution in [0.3, 0.4) is 0 Å². The van der Waals surface area contributed by atoms with Gasteiger partial charge in [-0.1, -0.05) is 0 Å². The number of aromatic nitrogens is 1. The number of morpholine rings is 1. The standard InChI is InChI=1S/C13H22N2O3/c1-14-5-3-4-12(14)13-10-18-7-6-15(13)8-11(16)9-17-2/h3-5,11,13,16H,6-10H2,1-2H3/t11-,13+/m0/s1. The molecule has 0 radical (unpaired) electrons. The van der Waals surface area contributed by atoms with Crippen molar-refractivity contribution in [3.05, 3.63) is 24.0 Å². The monoisotopic (exact) mass is 254 g/mol. The number of nitrogens with zero attached hydrogens (tertiary/aromatic N) is 2. The average Bonchev–Trinajstić information content (AvgIpc) is 2.76. The van der Waals surface area contributed by atoms with Gasteiger partial charge in [0.1, 0.15) is 0 Å². The predicted octanol–water partition coefficient (Wildman–Crippen LogP) is 0.406. The van der Waals surface area contributed by atoms with Gasteiger partial charge in [0, 0.05) is 39.1 Å². The van der Waals surface area contributed by atoms with Crippen molar-refractivity contribution in [2.45, 2.75) is 12.1 Å². The third-order valence-corrected chi connectivity index (χ3v) is 3.37. The van der Waals surface area contributed by atoms with Crippen LogP contribution in [-0.4, -0.2) is 60.7 Å². The number of β-amino-alcohol motifs (C(OH)–C–C–N with tert-alkyl or cyclic N) is 1. The maximum Gasteiger partial charge on any atom is 0.0900 e. The van der Waals surface area contributed by atoms with E-state index >= 15 is 0 Å². The van der Waals surface area contributed by atoms with E-state index < -0.39 is 6.10 Å². The molecule has 1 N–H and O–H groups in total. The van der Waals surface area contributed by atoms with Gasteiger partial charge in [0.05, 0.1) is 32.0 Å². The lowest BCUT2D eigenvalue weighted by Crippen LogP contribution is -2.44. The molecule has 0 spiro atoms. The minimum absolute atomic E-state index is 0.213. The molecule has 0 unspecified atom stereocenters. The van der Waals surface area contributed by atoms with Crippen molar-refractivity contribution >= 4 is 0 Å². The minimum Gasteiger partial charge on any atom is -0.389 e. The lowest BCUT2D eigenvalue weighted by Gasteiger charge is -2.36. The van der Waals surface area contributed by atoms with Crippen molar-refractivity contribution in [1.82, 2.24) is 9.47 Å². The van der Waals surface area contributed by atoms with Gasteiger partial charge in [-0.25, -0.2) is 0 Å². The first-order valence-electron chi connectivity index (χ1n) is 6.32. The fourth-order valence-corrected chi connectivity index (χ4v) is 2.47. The predicted molar refractivity (Wildman–Crippen MR) is 68.4 cm³/mol. The Morgan fingerprint density at radius 2 is 2.44 bits per heavy atom. The number of hydrogen-bond acceptors (Lipinski definition) is 4. The smallest absolute Gasteiger partial charge is 0.0900 e. The first-order chi connectivity index (χ1) is 8.72. The van der Waals surface area contributed by atoms with Gasteiger partial charge in [0.15, 0.2) is 0 Å². The molecule has 2 heterocycles. The SMILES string of the molecule is COC[C@@H](O)CN1CCOC[C@@H]1c1cccn1C. The normalized spacial score (nSPS) is 23.2. The topological polar surface area (TPSA) is 46.9 Å². The van der Waals surface area contributed by atoms with E-state index in [0.717, 1.165) is 13.2 Å². The first-order valence-corrected chi connectivity index (χ1v) is 6.32. The van der Waals surface area contributed by atoms with Gasteiger partial charge in [-0.05, 0) is 12.1 Å². The summed E-state index contributed by atoms with van der Waals surface area (Å²) >= 11 is 0. The van der Waals surface area contributed by atoms with Crippen molar-refractivity contribution in [1.29, 1.82) is 0 Å². The van der Waals surface area contributed by atoms with E-state index in [-0.39, 0.29) is 6.04 Å². The number of ether oxygens (including phenoxy) is 2. The molecule has 2 atom stereocenters. The number of hydrogen-bond donors (Lipinski definition) is 1. The van der Waals surface area contributed by atoms with Crippen molar-refractivity contribution < 1.29 is 14.6 Å². The highest BCUT2D eigenvalue weighted by Gasteiger charge is 2.27. The Morgan fingerprint density at radius 1 is 1.61 bits per heavy atom. The third-order valence-electron chi connectivity index (χ3n) is 3.37. The van der Waals surface area contributed by atoms with Gasteiger partial charge < -0.3 is 19.1 Å². The molecule has 1 aromatic heterocycles. The van der Waals surface area contributed by atoms with Crippen molar-refractivity contribution in [3.8, 4) is 0 Å². The molecule has 1 aliphatic heterocycles. The van der Waals surface area contributed by atoms with E-state index in [1.807, 2.05) is 19.3 Å². The van der Waals surface area contributed by atoms with Crippen LogP contribution in [0.4, 0.5) is 0 Å². The fraction of sp³-hybridized carbons (Fsp3) is 0.692. The Kier molecular flexibility index (Phi) is 4.77. The van der Waals surface area contributed by atoms with Crippen LogP contribution in [0.25, 0.3) is 0 Å². The van der Waals surface area contributed by atoms with Crippen LogP contribution >= 0.6 is 0 Å². The second kappa shape index (κ2) is 6.33. The molecular weight excluding hydrogens is 232 g/mol. The van der Waals surface area contributed by atoms with Crippen LogP contribution < -0.4 is 0 Å². The van der Waals surface area contributed by atoms with Gasteiger partial charge in [0.2, 0.25) is 0 Å². The lowest BCUT2D eigenvalue weighted by atomic mass is 10.1. The average molecular weight is 254 g/mol. The van der Waals surface area contributed by atoms with Crippen LogP contribution in [0.5, 0.6) is 0 Å². The third kappa shape index (κ3) is 3.11. The largest absolute Gasteiger partial charge is 0.389 e. The Labute approximate surface area is 108 Å². The van der Waals surface area contributed by atoms with E-state index in [2.05, 4.69) is 15.5 Å². The molecular formula is C13H22N2O3. The number of rotatable bonds is 5. The zero-order chi connectivity index (χ0) is 13.0. The van der Waals surface area contributed by atoms with Crippen molar-refractivity contribution in [2.24, 2.45) is 7.05 Å². The summed E-state index contributed by atoms with van der Waals surface area (Å²) in [5, 5.41) is 9.87. The van der Waals surface area contributed by atoms with Gasteiger partial charge in [-0.15, -0.1) is 0 Å². The number of aliphatic hydroxyl groups is 1. The first kappa shape index (κ1) is 13.5. The summed E-state index contributed by atoms with van der Waals surface area (Å²) in [5.41, 5.74) is 1.22. The highest BCUT2D eigenvalue weighted by atomic mass is 16.5. The zero-order valence-corrected chi connectivity index (χ0v) is 11.1. The molecule has 18 heavy (non-hydrogen) atoms. The zero-order valence-electron chi connectivity index (χ0n) is 11.1. The molecule has 1 aromatic rings. The van der Waals surface area contributed by atoms with E-state index in [1.54, 1.807) is 7.11 Å². The highest BCUT2D eigenvalue weighted by molar-refractivity contribution is 5.12. The van der Waals surface area contributed by atoms with E-state index in [9.17, 15) is 5.11 Å². The van der Waals surface area contributed by atoms with Crippen molar-refractivity contribution in [3.63, 3.8) is 0 Å². The van der Waals surface area contributed by atoms with Gasteiger partial charge in [0.25, 0.3) is 0 Å². The molecule has 102 valence electrons. The van der Waals surface area contributed by atoms with E-state index in [4.69, 9.17) is 9.47 Å². The van der Waals surface area contributed by atoms with E-state index in [0.29, 0.717) is 19.8 Å². The van der Waals surface area contributed by atoms with Crippen molar-refractivity contribution in [2.75, 3.05) is 40.0 Å². The van der Waals surface area contributed by atoms with Gasteiger partial charge in [-0.2, -0.15) is 0 Å². The summed E-state index contributed by atoms with van der Waals surface area (Å²) in [5.74, 6) is 0. The molecule has 0 bridgehead atoms. The fourth-order valence-electron chi connectivity index (χ4n) is 2.47. The van der Waals surface area contributed by atoms with Crippen LogP contribution in [0.2, 0.25) is 0 Å². The second-order valence-corrected chi connectivity index (χ2v) is 4.74. The van der Waals surface area contributed by atoms with Crippen LogP contribution in [0.1, 0.15) is 11.7 Å². The molecule has 5 nitrogen and oxygen atoms in total. The molecule has 0 aliphatic carbocycles. The summed E-state index contributed by atoms with van der Waals surface area (Å²) in [7, 11) is 3.64. The highest BCUT2D eigenvalue weighted by Crippen LogP contribution is 2.24. The van der Waals surface area contributed by atoms with E-state index in [1.165, 1.54) is 5.69 Å². The van der Waals surface area contributed by atoms with Gasteiger partial charge in [-0.3, -0.25) is 4.90 Å². The molecule has 5 heteroatoms. The lowest BCUT2D eigenvalue weighted by molar-refractivity contribution is -0.0410. The van der Waals surface area contributed by atoms with Gasteiger partial charge >= 0.3 is 0 Å². The summed E-state index contributed by atoms with van der Waals surface area (Å²) in [6.45, 7) is 3.24.